The van der Waals surface area contributed by atoms with Crippen LogP contribution in [0, 0.1) is 5.82 Å². The van der Waals surface area contributed by atoms with E-state index in [1.807, 2.05) is 0 Å². The molecule has 0 aliphatic heterocycles. The van der Waals surface area contributed by atoms with E-state index in [1.54, 1.807) is 24.4 Å². The van der Waals surface area contributed by atoms with Crippen LogP contribution >= 0.6 is 11.6 Å². The van der Waals surface area contributed by atoms with Gasteiger partial charge in [-0.1, -0.05) is 11.6 Å². The van der Waals surface area contributed by atoms with Crippen molar-refractivity contribution in [2.24, 2.45) is 0 Å². The monoisotopic (exact) mass is 237 g/mol. The number of hydrogen-bond donors (Lipinski definition) is 1. The van der Waals surface area contributed by atoms with E-state index < -0.39 is 5.82 Å². The van der Waals surface area contributed by atoms with Crippen LogP contribution < -0.4 is 0 Å². The molecule has 2 nitrogen and oxygen atoms in total. The smallest absolute Gasteiger partial charge is 0.132 e. The molecule has 2 rings (SSSR count). The van der Waals surface area contributed by atoms with E-state index in [0.29, 0.717) is 21.7 Å². The van der Waals surface area contributed by atoms with Gasteiger partial charge in [0.15, 0.2) is 0 Å². The molecule has 0 saturated carbocycles. The van der Waals surface area contributed by atoms with Crippen molar-refractivity contribution in [1.82, 2.24) is 4.98 Å². The highest BCUT2D eigenvalue weighted by Gasteiger charge is 2.06. The number of hydrogen-bond acceptors (Lipinski definition) is 2. The second kappa shape index (κ2) is 4.60. The van der Waals surface area contributed by atoms with Crippen LogP contribution in [0.2, 0.25) is 5.02 Å². The third kappa shape index (κ3) is 2.21. The summed E-state index contributed by atoms with van der Waals surface area (Å²) >= 11 is 5.67. The first-order valence-corrected chi connectivity index (χ1v) is 5.08. The molecule has 0 spiro atoms. The van der Waals surface area contributed by atoms with E-state index >= 15 is 0 Å². The Bertz CT molecular complexity index is 516. The predicted octanol–water partition coefficient (Wildman–Crippen LogP) is 3.03. The zero-order chi connectivity index (χ0) is 11.5. The number of halogens is 2. The molecule has 1 aromatic heterocycles. The molecular formula is C12H9ClFNO. The Morgan fingerprint density at radius 1 is 1.25 bits per heavy atom. The highest BCUT2D eigenvalue weighted by atomic mass is 35.5. The lowest BCUT2D eigenvalue weighted by molar-refractivity contribution is 0.281. The van der Waals surface area contributed by atoms with Crippen LogP contribution in [0.5, 0.6) is 0 Å². The Kier molecular flexibility index (Phi) is 3.17. The summed E-state index contributed by atoms with van der Waals surface area (Å²) < 4.78 is 13.6. The second-order valence-corrected chi connectivity index (χ2v) is 3.80. The van der Waals surface area contributed by atoms with Crippen LogP contribution in [0.3, 0.4) is 0 Å². The molecule has 0 aliphatic rings. The van der Waals surface area contributed by atoms with Crippen LogP contribution in [-0.2, 0) is 6.61 Å². The molecule has 0 unspecified atom stereocenters. The number of aromatic nitrogens is 1. The average Bonchev–Trinajstić information content (AvgIpc) is 2.29. The lowest BCUT2D eigenvalue weighted by Gasteiger charge is -2.04. The zero-order valence-corrected chi connectivity index (χ0v) is 9.08. The molecule has 1 heterocycles. The molecule has 0 atom stereocenters. The van der Waals surface area contributed by atoms with Gasteiger partial charge in [-0.25, -0.2) is 4.39 Å². The van der Waals surface area contributed by atoms with Gasteiger partial charge in [-0.15, -0.1) is 0 Å². The molecule has 2 aromatic rings. The summed E-state index contributed by atoms with van der Waals surface area (Å²) in [7, 11) is 0. The van der Waals surface area contributed by atoms with Gasteiger partial charge in [-0.3, -0.25) is 4.98 Å². The van der Waals surface area contributed by atoms with Crippen molar-refractivity contribution >= 4 is 11.6 Å². The Morgan fingerprint density at radius 3 is 2.75 bits per heavy atom. The molecule has 82 valence electrons. The number of pyridine rings is 1. The molecular weight excluding hydrogens is 229 g/mol. The predicted molar refractivity (Wildman–Crippen MR) is 60.6 cm³/mol. The van der Waals surface area contributed by atoms with E-state index in [4.69, 9.17) is 16.7 Å². The Balaban J connectivity index is 2.49. The minimum atomic E-state index is -0.399. The van der Waals surface area contributed by atoms with Crippen molar-refractivity contribution in [1.29, 1.82) is 0 Å². The Hall–Kier alpha value is -1.45. The highest BCUT2D eigenvalue weighted by molar-refractivity contribution is 6.30. The van der Waals surface area contributed by atoms with Crippen molar-refractivity contribution in [2.75, 3.05) is 0 Å². The number of aliphatic hydroxyl groups is 1. The third-order valence-corrected chi connectivity index (χ3v) is 2.45. The van der Waals surface area contributed by atoms with E-state index in [9.17, 15) is 4.39 Å². The largest absolute Gasteiger partial charge is 0.392 e. The van der Waals surface area contributed by atoms with E-state index in [-0.39, 0.29) is 6.61 Å². The number of aliphatic hydroxyl groups excluding tert-OH is 1. The van der Waals surface area contributed by atoms with Gasteiger partial charge in [0.1, 0.15) is 5.82 Å². The van der Waals surface area contributed by atoms with Gasteiger partial charge in [-0.2, -0.15) is 0 Å². The highest BCUT2D eigenvalue weighted by Crippen LogP contribution is 2.25. The number of benzene rings is 1. The summed E-state index contributed by atoms with van der Waals surface area (Å²) in [4.78, 5) is 3.94. The third-order valence-electron chi connectivity index (χ3n) is 2.22. The first-order valence-electron chi connectivity index (χ1n) is 4.71. The lowest BCUT2D eigenvalue weighted by atomic mass is 10.1. The van der Waals surface area contributed by atoms with Gasteiger partial charge in [0.05, 0.1) is 6.61 Å². The normalized spacial score (nSPS) is 10.4. The van der Waals surface area contributed by atoms with E-state index in [0.717, 1.165) is 0 Å². The standard InChI is InChI=1S/C12H9ClFNO/c13-10-1-2-11(12(14)4-10)9-3-8(7-16)5-15-6-9/h1-6,16H,7H2. The molecule has 4 heteroatoms. The van der Waals surface area contributed by atoms with Crippen molar-refractivity contribution in [3.8, 4) is 11.1 Å². The molecule has 0 bridgehead atoms. The number of nitrogens with zero attached hydrogens (tertiary/aromatic N) is 1. The molecule has 0 radical (unpaired) electrons. The van der Waals surface area contributed by atoms with E-state index in [1.165, 1.54) is 12.3 Å². The molecule has 0 aliphatic carbocycles. The van der Waals surface area contributed by atoms with Gasteiger partial charge >= 0.3 is 0 Å². The molecule has 1 N–H and O–H groups in total. The number of rotatable bonds is 2. The zero-order valence-electron chi connectivity index (χ0n) is 8.32. The van der Waals surface area contributed by atoms with Crippen LogP contribution in [-0.4, -0.2) is 10.1 Å². The molecule has 0 amide bonds. The van der Waals surface area contributed by atoms with E-state index in [2.05, 4.69) is 4.98 Å². The summed E-state index contributed by atoms with van der Waals surface area (Å²) in [6.07, 6.45) is 3.09. The fraction of sp³-hybridized carbons (Fsp3) is 0.0833. The van der Waals surface area contributed by atoms with Gasteiger partial charge < -0.3 is 5.11 Å². The van der Waals surface area contributed by atoms with Gasteiger partial charge in [-0.05, 0) is 29.8 Å². The van der Waals surface area contributed by atoms with Gasteiger partial charge in [0, 0.05) is 28.5 Å². The molecule has 1 aromatic carbocycles. The summed E-state index contributed by atoms with van der Waals surface area (Å²) in [5.74, 6) is -0.399. The van der Waals surface area contributed by atoms with Crippen molar-refractivity contribution < 1.29 is 9.50 Å². The fourth-order valence-electron chi connectivity index (χ4n) is 1.44. The summed E-state index contributed by atoms with van der Waals surface area (Å²) in [6, 6.07) is 6.16. The summed E-state index contributed by atoms with van der Waals surface area (Å²) in [5.41, 5.74) is 1.69. The Labute approximate surface area is 97.3 Å². The van der Waals surface area contributed by atoms with Gasteiger partial charge in [0.2, 0.25) is 0 Å². The lowest BCUT2D eigenvalue weighted by Crippen LogP contribution is -1.89. The second-order valence-electron chi connectivity index (χ2n) is 3.36. The first-order chi connectivity index (χ1) is 7.70. The van der Waals surface area contributed by atoms with Crippen molar-refractivity contribution in [3.63, 3.8) is 0 Å². The quantitative estimate of drug-likeness (QED) is 0.871. The minimum Gasteiger partial charge on any atom is -0.392 e. The Morgan fingerprint density at radius 2 is 2.06 bits per heavy atom. The average molecular weight is 238 g/mol. The minimum absolute atomic E-state index is 0.115. The summed E-state index contributed by atoms with van der Waals surface area (Å²) in [6.45, 7) is -0.115. The van der Waals surface area contributed by atoms with Crippen LogP contribution in [0.4, 0.5) is 4.39 Å². The van der Waals surface area contributed by atoms with Crippen LogP contribution in [0.15, 0.2) is 36.7 Å². The van der Waals surface area contributed by atoms with Crippen molar-refractivity contribution in [2.45, 2.75) is 6.61 Å². The maximum Gasteiger partial charge on any atom is 0.132 e. The maximum atomic E-state index is 13.6. The SMILES string of the molecule is OCc1cncc(-c2ccc(Cl)cc2F)c1. The van der Waals surface area contributed by atoms with Crippen LogP contribution in [0.25, 0.3) is 11.1 Å². The topological polar surface area (TPSA) is 33.1 Å². The van der Waals surface area contributed by atoms with Gasteiger partial charge in [0.25, 0.3) is 0 Å². The fourth-order valence-corrected chi connectivity index (χ4v) is 1.60. The maximum absolute atomic E-state index is 13.6. The molecule has 0 fully saturated rings. The first kappa shape index (κ1) is 11.0. The molecule has 0 saturated heterocycles. The molecule has 16 heavy (non-hydrogen) atoms. The summed E-state index contributed by atoms with van der Waals surface area (Å²) in [5, 5.41) is 9.32. The van der Waals surface area contributed by atoms with Crippen molar-refractivity contribution in [3.05, 3.63) is 53.1 Å². The van der Waals surface area contributed by atoms with Crippen LogP contribution in [0.1, 0.15) is 5.56 Å².